The molecule has 1 rings (SSSR count). The molecule has 0 aromatic heterocycles. The van der Waals surface area contributed by atoms with Crippen molar-refractivity contribution in [3.63, 3.8) is 0 Å². The monoisotopic (exact) mass is 249 g/mol. The smallest absolute Gasteiger partial charge is 0.339 e. The van der Waals surface area contributed by atoms with Crippen molar-refractivity contribution in [3.8, 4) is 0 Å². The standard InChI is InChI=1S/C10H20NO4P/c1-8(2)14-16(13,15-9(3)4)7-10(12)11-5-6-11/h8-9H,5-7H2,1-4H3. The molecule has 6 heteroatoms. The predicted octanol–water partition coefficient (Wildman–Crippen LogP) is 1.87. The average Bonchev–Trinajstić information content (AvgIpc) is 2.79. The molecule has 0 bridgehead atoms. The maximum Gasteiger partial charge on any atom is 0.340 e. The highest BCUT2D eigenvalue weighted by Gasteiger charge is 2.35. The highest BCUT2D eigenvalue weighted by Crippen LogP contribution is 2.50. The van der Waals surface area contributed by atoms with Crippen LogP contribution in [0.25, 0.3) is 0 Å². The Kier molecular flexibility index (Phi) is 4.53. The second-order valence-corrected chi connectivity index (χ2v) is 6.42. The molecule has 1 amide bonds. The molecule has 0 spiro atoms. The Morgan fingerprint density at radius 2 is 1.62 bits per heavy atom. The zero-order chi connectivity index (χ0) is 12.3. The number of rotatable bonds is 6. The van der Waals surface area contributed by atoms with Gasteiger partial charge in [0.05, 0.1) is 12.2 Å². The lowest BCUT2D eigenvalue weighted by Crippen LogP contribution is -2.20. The number of nitrogens with zero attached hydrogens (tertiary/aromatic N) is 1. The Bertz CT molecular complexity index is 285. The molecule has 1 fully saturated rings. The molecule has 1 heterocycles. The second-order valence-electron chi connectivity index (χ2n) is 4.46. The summed E-state index contributed by atoms with van der Waals surface area (Å²) >= 11 is 0. The second kappa shape index (κ2) is 5.30. The van der Waals surface area contributed by atoms with E-state index in [1.54, 1.807) is 32.6 Å². The van der Waals surface area contributed by atoms with Crippen molar-refractivity contribution in [2.24, 2.45) is 0 Å². The van der Waals surface area contributed by atoms with Gasteiger partial charge in [0.25, 0.3) is 0 Å². The molecule has 1 saturated heterocycles. The lowest BCUT2D eigenvalue weighted by Gasteiger charge is -2.22. The fourth-order valence-corrected chi connectivity index (χ4v) is 3.32. The van der Waals surface area contributed by atoms with Gasteiger partial charge in [-0.3, -0.25) is 9.36 Å². The zero-order valence-corrected chi connectivity index (χ0v) is 11.2. The van der Waals surface area contributed by atoms with Crippen LogP contribution in [0.2, 0.25) is 0 Å². The van der Waals surface area contributed by atoms with Gasteiger partial charge in [-0.25, -0.2) is 0 Å². The molecule has 0 saturated carbocycles. The van der Waals surface area contributed by atoms with Crippen LogP contribution in [0.4, 0.5) is 0 Å². The fraction of sp³-hybridized carbons (Fsp3) is 0.900. The zero-order valence-electron chi connectivity index (χ0n) is 10.3. The lowest BCUT2D eigenvalue weighted by molar-refractivity contribution is -0.123. The van der Waals surface area contributed by atoms with E-state index in [1.807, 2.05) is 0 Å². The van der Waals surface area contributed by atoms with Crippen LogP contribution >= 0.6 is 7.60 Å². The van der Waals surface area contributed by atoms with Gasteiger partial charge in [0, 0.05) is 13.1 Å². The molecule has 0 N–H and O–H groups in total. The van der Waals surface area contributed by atoms with Gasteiger partial charge in [0.1, 0.15) is 6.16 Å². The van der Waals surface area contributed by atoms with Crippen molar-refractivity contribution in [1.29, 1.82) is 0 Å². The third-order valence-corrected chi connectivity index (χ3v) is 4.02. The summed E-state index contributed by atoms with van der Waals surface area (Å²) < 4.78 is 22.9. The van der Waals surface area contributed by atoms with Gasteiger partial charge in [-0.2, -0.15) is 0 Å². The minimum Gasteiger partial charge on any atom is -0.339 e. The normalized spacial score (nSPS) is 16.0. The SMILES string of the molecule is CC(C)OP(=O)(CC(=O)N1CC1)OC(C)C. The number of amides is 1. The van der Waals surface area contributed by atoms with E-state index in [1.165, 1.54) is 0 Å². The van der Waals surface area contributed by atoms with Crippen LogP contribution in [0, 0.1) is 0 Å². The van der Waals surface area contributed by atoms with E-state index < -0.39 is 7.60 Å². The van der Waals surface area contributed by atoms with E-state index in [0.717, 1.165) is 13.1 Å². The van der Waals surface area contributed by atoms with Crippen molar-refractivity contribution in [1.82, 2.24) is 4.90 Å². The van der Waals surface area contributed by atoms with E-state index in [4.69, 9.17) is 9.05 Å². The maximum atomic E-state index is 12.3. The Balaban J connectivity index is 2.61. The maximum absolute atomic E-state index is 12.3. The van der Waals surface area contributed by atoms with Crippen LogP contribution in [-0.4, -0.2) is 42.3 Å². The van der Waals surface area contributed by atoms with Crippen molar-refractivity contribution in [2.45, 2.75) is 39.9 Å². The molecule has 0 aromatic rings. The third kappa shape index (κ3) is 4.64. The van der Waals surface area contributed by atoms with Gasteiger partial charge < -0.3 is 13.9 Å². The number of hydrogen-bond acceptors (Lipinski definition) is 4. The molecule has 1 aliphatic heterocycles. The van der Waals surface area contributed by atoms with E-state index in [0.29, 0.717) is 0 Å². The average molecular weight is 249 g/mol. The molecule has 16 heavy (non-hydrogen) atoms. The van der Waals surface area contributed by atoms with E-state index in [-0.39, 0.29) is 24.3 Å². The van der Waals surface area contributed by atoms with Gasteiger partial charge in [-0.15, -0.1) is 0 Å². The summed E-state index contributed by atoms with van der Waals surface area (Å²) in [4.78, 5) is 13.2. The van der Waals surface area contributed by atoms with Crippen LogP contribution in [-0.2, 0) is 18.4 Å². The molecular formula is C10H20NO4P. The van der Waals surface area contributed by atoms with Crippen LogP contribution in [0.1, 0.15) is 27.7 Å². The number of carbonyl (C=O) groups excluding carboxylic acids is 1. The van der Waals surface area contributed by atoms with Crippen LogP contribution in [0.5, 0.6) is 0 Å². The van der Waals surface area contributed by atoms with Gasteiger partial charge in [0.2, 0.25) is 5.91 Å². The van der Waals surface area contributed by atoms with Crippen molar-refractivity contribution < 1.29 is 18.4 Å². The summed E-state index contributed by atoms with van der Waals surface area (Å²) in [5.41, 5.74) is 0. The van der Waals surface area contributed by atoms with Gasteiger partial charge in [-0.1, -0.05) is 0 Å². The molecule has 0 aliphatic carbocycles. The van der Waals surface area contributed by atoms with E-state index in [2.05, 4.69) is 0 Å². The van der Waals surface area contributed by atoms with Crippen LogP contribution in [0.15, 0.2) is 0 Å². The lowest BCUT2D eigenvalue weighted by atomic mass is 10.5. The fourth-order valence-electron chi connectivity index (χ4n) is 1.31. The topological polar surface area (TPSA) is 55.6 Å². The first-order valence-corrected chi connectivity index (χ1v) is 7.29. The van der Waals surface area contributed by atoms with Crippen molar-refractivity contribution in [2.75, 3.05) is 19.3 Å². The summed E-state index contributed by atoms with van der Waals surface area (Å²) in [5, 5.41) is 0. The summed E-state index contributed by atoms with van der Waals surface area (Å²) in [5.74, 6) is -0.148. The molecule has 0 aromatic carbocycles. The molecule has 94 valence electrons. The molecule has 0 unspecified atom stereocenters. The Morgan fingerprint density at radius 1 is 1.19 bits per heavy atom. The molecule has 0 atom stereocenters. The predicted molar refractivity (Wildman–Crippen MR) is 61.5 cm³/mol. The van der Waals surface area contributed by atoms with Gasteiger partial charge >= 0.3 is 7.60 Å². The molecule has 0 radical (unpaired) electrons. The molecule has 5 nitrogen and oxygen atoms in total. The quantitative estimate of drug-likeness (QED) is 0.532. The minimum atomic E-state index is -3.29. The Labute approximate surface area is 96.6 Å². The number of carbonyl (C=O) groups is 1. The summed E-state index contributed by atoms with van der Waals surface area (Å²) in [6.07, 6.45) is -0.582. The van der Waals surface area contributed by atoms with E-state index >= 15 is 0 Å². The van der Waals surface area contributed by atoms with Crippen LogP contribution in [0.3, 0.4) is 0 Å². The summed E-state index contributed by atoms with van der Waals surface area (Å²) in [6.45, 7) is 8.61. The summed E-state index contributed by atoms with van der Waals surface area (Å²) in [6, 6.07) is 0. The highest BCUT2D eigenvalue weighted by molar-refractivity contribution is 7.54. The van der Waals surface area contributed by atoms with Crippen LogP contribution < -0.4 is 0 Å². The van der Waals surface area contributed by atoms with Gasteiger partial charge in [-0.05, 0) is 27.7 Å². The molecule has 1 aliphatic rings. The number of hydrogen-bond donors (Lipinski definition) is 0. The van der Waals surface area contributed by atoms with Crippen molar-refractivity contribution in [3.05, 3.63) is 0 Å². The first-order valence-electron chi connectivity index (χ1n) is 5.56. The first kappa shape index (κ1) is 13.7. The van der Waals surface area contributed by atoms with Gasteiger partial charge in [0.15, 0.2) is 0 Å². The first-order chi connectivity index (χ1) is 7.32. The minimum absolute atomic E-state index is 0.148. The van der Waals surface area contributed by atoms with E-state index in [9.17, 15) is 9.36 Å². The van der Waals surface area contributed by atoms with Crippen molar-refractivity contribution >= 4 is 13.5 Å². The Morgan fingerprint density at radius 3 is 1.94 bits per heavy atom. The Hall–Kier alpha value is -0.380. The summed E-state index contributed by atoms with van der Waals surface area (Å²) in [7, 11) is -3.29. The highest BCUT2D eigenvalue weighted by atomic mass is 31.2. The third-order valence-electron chi connectivity index (χ3n) is 1.87. The molecular weight excluding hydrogens is 229 g/mol. The largest absolute Gasteiger partial charge is 0.340 e.